The number of benzene rings is 2. The van der Waals surface area contributed by atoms with Crippen LogP contribution in [0.5, 0.6) is 11.5 Å². The number of fused-ring (bicyclic) bond motifs is 1. The molecular formula is C20H23ClN2O5S. The molecule has 0 fully saturated rings. The van der Waals surface area contributed by atoms with E-state index in [-0.39, 0.29) is 12.6 Å². The highest BCUT2D eigenvalue weighted by Gasteiger charge is 2.24. The van der Waals surface area contributed by atoms with Gasteiger partial charge >= 0.3 is 0 Å². The van der Waals surface area contributed by atoms with Gasteiger partial charge in [0.2, 0.25) is 15.9 Å². The quantitative estimate of drug-likeness (QED) is 0.749. The third-order valence-electron chi connectivity index (χ3n) is 4.57. The van der Waals surface area contributed by atoms with E-state index in [1.807, 2.05) is 19.1 Å². The normalized spacial score (nSPS) is 14.2. The second-order valence-corrected chi connectivity index (χ2v) is 9.24. The molecule has 1 heterocycles. The number of amides is 1. The van der Waals surface area contributed by atoms with Gasteiger partial charge in [0.15, 0.2) is 11.5 Å². The molecule has 0 spiro atoms. The highest BCUT2D eigenvalue weighted by Crippen LogP contribution is 2.32. The summed E-state index contributed by atoms with van der Waals surface area (Å²) in [5, 5.41) is 3.23. The summed E-state index contributed by atoms with van der Waals surface area (Å²) in [4.78, 5) is 12.6. The molecule has 0 aliphatic carbocycles. The summed E-state index contributed by atoms with van der Waals surface area (Å²) in [6.07, 6.45) is 1.06. The molecule has 156 valence electrons. The lowest BCUT2D eigenvalue weighted by atomic mass is 10.1. The minimum atomic E-state index is -3.69. The van der Waals surface area contributed by atoms with Crippen LogP contribution < -0.4 is 19.1 Å². The molecule has 1 N–H and O–H groups in total. The Kier molecular flexibility index (Phi) is 6.24. The number of carbonyl (C=O) groups excluding carboxylic acids is 1. The summed E-state index contributed by atoms with van der Waals surface area (Å²) < 4.78 is 36.8. The zero-order chi connectivity index (χ0) is 21.2. The molecule has 29 heavy (non-hydrogen) atoms. The van der Waals surface area contributed by atoms with Crippen molar-refractivity contribution < 1.29 is 22.7 Å². The smallest absolute Gasteiger partial charge is 0.241 e. The number of halogens is 1. The van der Waals surface area contributed by atoms with Gasteiger partial charge in [-0.3, -0.25) is 9.10 Å². The largest absolute Gasteiger partial charge is 0.486 e. The SMILES string of the molecule is Cc1ccc(Cl)cc1N(CC(=O)NC(C)c1ccc2c(c1)OCCO2)S(C)(=O)=O. The van der Waals surface area contributed by atoms with Crippen LogP contribution in [0.2, 0.25) is 5.02 Å². The molecule has 0 aromatic heterocycles. The predicted octanol–water partition coefficient (Wildman–Crippen LogP) is 3.06. The van der Waals surface area contributed by atoms with Crippen molar-refractivity contribution in [1.82, 2.24) is 5.32 Å². The third kappa shape index (κ3) is 5.13. The summed E-state index contributed by atoms with van der Waals surface area (Å²) >= 11 is 6.03. The van der Waals surface area contributed by atoms with E-state index in [1.165, 1.54) is 6.07 Å². The molecule has 0 saturated carbocycles. The van der Waals surface area contributed by atoms with E-state index in [1.54, 1.807) is 25.1 Å². The number of nitrogens with zero attached hydrogens (tertiary/aromatic N) is 1. The second-order valence-electron chi connectivity index (χ2n) is 6.89. The minimum absolute atomic E-state index is 0.347. The Morgan fingerprint density at radius 1 is 1.17 bits per heavy atom. The Morgan fingerprint density at radius 2 is 1.86 bits per heavy atom. The molecule has 3 rings (SSSR count). The minimum Gasteiger partial charge on any atom is -0.486 e. The molecular weight excluding hydrogens is 416 g/mol. The lowest BCUT2D eigenvalue weighted by Crippen LogP contribution is -2.41. The van der Waals surface area contributed by atoms with Gasteiger partial charge in [-0.15, -0.1) is 0 Å². The van der Waals surface area contributed by atoms with Gasteiger partial charge in [-0.2, -0.15) is 0 Å². The van der Waals surface area contributed by atoms with E-state index < -0.39 is 15.9 Å². The maximum Gasteiger partial charge on any atom is 0.241 e. The second kappa shape index (κ2) is 8.51. The van der Waals surface area contributed by atoms with E-state index in [9.17, 15) is 13.2 Å². The summed E-state index contributed by atoms with van der Waals surface area (Å²) in [6, 6.07) is 10.0. The maximum atomic E-state index is 12.6. The van der Waals surface area contributed by atoms with Crippen LogP contribution in [0.15, 0.2) is 36.4 Å². The van der Waals surface area contributed by atoms with Crippen LogP contribution >= 0.6 is 11.6 Å². The third-order valence-corrected chi connectivity index (χ3v) is 5.93. The van der Waals surface area contributed by atoms with Crippen LogP contribution in [0, 0.1) is 6.92 Å². The fourth-order valence-corrected chi connectivity index (χ4v) is 4.13. The number of hydrogen-bond acceptors (Lipinski definition) is 5. The molecule has 1 aliphatic heterocycles. The van der Waals surface area contributed by atoms with Gasteiger partial charge in [0.25, 0.3) is 0 Å². The van der Waals surface area contributed by atoms with Crippen LogP contribution in [0.1, 0.15) is 24.1 Å². The summed E-state index contributed by atoms with van der Waals surface area (Å²) in [5.41, 5.74) is 1.90. The summed E-state index contributed by atoms with van der Waals surface area (Å²) in [5.74, 6) is 0.859. The van der Waals surface area contributed by atoms with Crippen LogP contribution in [-0.2, 0) is 14.8 Å². The Morgan fingerprint density at radius 3 is 2.55 bits per heavy atom. The van der Waals surface area contributed by atoms with Crippen molar-refractivity contribution in [2.24, 2.45) is 0 Å². The van der Waals surface area contributed by atoms with Gasteiger partial charge in [-0.05, 0) is 49.2 Å². The number of sulfonamides is 1. The first kappa shape index (κ1) is 21.3. The average molecular weight is 439 g/mol. The van der Waals surface area contributed by atoms with Crippen molar-refractivity contribution >= 4 is 33.2 Å². The molecule has 2 aromatic rings. The zero-order valence-electron chi connectivity index (χ0n) is 16.4. The fourth-order valence-electron chi connectivity index (χ4n) is 3.06. The molecule has 0 radical (unpaired) electrons. The van der Waals surface area contributed by atoms with Crippen molar-refractivity contribution in [2.45, 2.75) is 19.9 Å². The van der Waals surface area contributed by atoms with Crippen LogP contribution in [0.4, 0.5) is 5.69 Å². The molecule has 0 bridgehead atoms. The number of carbonyl (C=O) groups is 1. The fraction of sp³-hybridized carbons (Fsp3) is 0.350. The first-order chi connectivity index (χ1) is 13.6. The van der Waals surface area contributed by atoms with Crippen molar-refractivity contribution in [3.8, 4) is 11.5 Å². The number of hydrogen-bond donors (Lipinski definition) is 1. The molecule has 1 aliphatic rings. The van der Waals surface area contributed by atoms with Crippen LogP contribution in [0.25, 0.3) is 0 Å². The van der Waals surface area contributed by atoms with Gasteiger partial charge in [0, 0.05) is 5.02 Å². The van der Waals surface area contributed by atoms with Crippen molar-refractivity contribution in [1.29, 1.82) is 0 Å². The zero-order valence-corrected chi connectivity index (χ0v) is 18.0. The van der Waals surface area contributed by atoms with E-state index in [0.29, 0.717) is 41.0 Å². The molecule has 1 atom stereocenters. The Labute approximate surface area is 175 Å². The molecule has 2 aromatic carbocycles. The van der Waals surface area contributed by atoms with Gasteiger partial charge in [0.05, 0.1) is 18.0 Å². The average Bonchev–Trinajstić information content (AvgIpc) is 2.67. The standard InChI is InChI=1S/C20H23ClN2O5S/c1-13-4-6-16(21)11-17(13)23(29(3,25)26)12-20(24)22-14(2)15-5-7-18-19(10-15)28-9-8-27-18/h4-7,10-11,14H,8-9,12H2,1-3H3,(H,22,24). The molecule has 9 heteroatoms. The highest BCUT2D eigenvalue weighted by molar-refractivity contribution is 7.92. The Hall–Kier alpha value is -2.45. The van der Waals surface area contributed by atoms with Gasteiger partial charge in [0.1, 0.15) is 19.8 Å². The molecule has 7 nitrogen and oxygen atoms in total. The number of aryl methyl sites for hydroxylation is 1. The van der Waals surface area contributed by atoms with E-state index in [4.69, 9.17) is 21.1 Å². The first-order valence-corrected chi connectivity index (χ1v) is 11.3. The van der Waals surface area contributed by atoms with Gasteiger partial charge in [-0.1, -0.05) is 23.7 Å². The Bertz CT molecular complexity index is 1030. The maximum absolute atomic E-state index is 12.6. The Balaban J connectivity index is 1.76. The lowest BCUT2D eigenvalue weighted by molar-refractivity contribution is -0.120. The van der Waals surface area contributed by atoms with Crippen molar-refractivity contribution in [2.75, 3.05) is 30.3 Å². The number of nitrogens with one attached hydrogen (secondary N) is 1. The molecule has 0 saturated heterocycles. The van der Waals surface area contributed by atoms with Crippen molar-refractivity contribution in [3.63, 3.8) is 0 Å². The number of anilines is 1. The van der Waals surface area contributed by atoms with Crippen LogP contribution in [0.3, 0.4) is 0 Å². The number of ether oxygens (including phenoxy) is 2. The summed E-state index contributed by atoms with van der Waals surface area (Å²) in [6.45, 7) is 4.20. The first-order valence-electron chi connectivity index (χ1n) is 9.08. The van der Waals surface area contributed by atoms with Crippen LogP contribution in [-0.4, -0.2) is 40.3 Å². The molecule has 1 unspecified atom stereocenters. The summed E-state index contributed by atoms with van der Waals surface area (Å²) in [7, 11) is -3.69. The molecule has 1 amide bonds. The van der Waals surface area contributed by atoms with E-state index >= 15 is 0 Å². The van der Waals surface area contributed by atoms with E-state index in [2.05, 4.69) is 5.32 Å². The van der Waals surface area contributed by atoms with Gasteiger partial charge in [-0.25, -0.2) is 8.42 Å². The van der Waals surface area contributed by atoms with E-state index in [0.717, 1.165) is 16.1 Å². The highest BCUT2D eigenvalue weighted by atomic mass is 35.5. The van der Waals surface area contributed by atoms with Crippen molar-refractivity contribution in [3.05, 3.63) is 52.5 Å². The lowest BCUT2D eigenvalue weighted by Gasteiger charge is -2.25. The predicted molar refractivity (Wildman–Crippen MR) is 112 cm³/mol. The number of rotatable bonds is 6. The topological polar surface area (TPSA) is 84.9 Å². The van der Waals surface area contributed by atoms with Gasteiger partial charge < -0.3 is 14.8 Å². The monoisotopic (exact) mass is 438 g/mol.